The Bertz CT molecular complexity index is 1020. The van der Waals surface area contributed by atoms with Crippen LogP contribution in [0.5, 0.6) is 0 Å². The number of amides is 2. The minimum Gasteiger partial charge on any atom is -0.352 e. The van der Waals surface area contributed by atoms with Gasteiger partial charge in [-0.1, -0.05) is 37.3 Å². The molecule has 3 aromatic rings. The van der Waals surface area contributed by atoms with Crippen molar-refractivity contribution in [3.05, 3.63) is 71.3 Å². The zero-order chi connectivity index (χ0) is 21.8. The molecule has 1 saturated heterocycles. The van der Waals surface area contributed by atoms with E-state index in [9.17, 15) is 4.79 Å². The normalized spacial score (nSPS) is 13.9. The quantitative estimate of drug-likeness (QED) is 0.672. The van der Waals surface area contributed by atoms with Gasteiger partial charge in [0.15, 0.2) is 5.82 Å². The first-order valence-electron chi connectivity index (χ1n) is 10.8. The van der Waals surface area contributed by atoms with Gasteiger partial charge in [0.05, 0.1) is 5.69 Å². The average molecular weight is 416 g/mol. The lowest BCUT2D eigenvalue weighted by Crippen LogP contribution is -2.50. The average Bonchev–Trinajstić information content (AvgIpc) is 2.79. The number of rotatable bonds is 4. The fraction of sp³-hybridized carbons (Fsp3) is 0.320. The third-order valence-corrected chi connectivity index (χ3v) is 5.67. The van der Waals surface area contributed by atoms with Crippen LogP contribution < -0.4 is 10.2 Å². The first-order valence-corrected chi connectivity index (χ1v) is 10.8. The number of hydrogen-bond acceptors (Lipinski definition) is 4. The molecular weight excluding hydrogens is 386 g/mol. The lowest BCUT2D eigenvalue weighted by Gasteiger charge is -2.35. The summed E-state index contributed by atoms with van der Waals surface area (Å²) >= 11 is 0. The predicted octanol–water partition coefficient (Wildman–Crippen LogP) is 4.68. The Morgan fingerprint density at radius 3 is 2.16 bits per heavy atom. The number of carbonyl (C=O) groups excluding carboxylic acids is 1. The molecule has 1 fully saturated rings. The summed E-state index contributed by atoms with van der Waals surface area (Å²) in [5.41, 5.74) is 6.39. The van der Waals surface area contributed by atoms with Gasteiger partial charge in [0.25, 0.3) is 0 Å². The third-order valence-electron chi connectivity index (χ3n) is 5.67. The van der Waals surface area contributed by atoms with Crippen molar-refractivity contribution < 1.29 is 4.79 Å². The molecule has 0 bridgehead atoms. The molecule has 0 saturated carbocycles. The van der Waals surface area contributed by atoms with E-state index in [1.807, 2.05) is 43.0 Å². The maximum Gasteiger partial charge on any atom is 0.321 e. The zero-order valence-electron chi connectivity index (χ0n) is 18.4. The van der Waals surface area contributed by atoms with E-state index in [1.165, 1.54) is 5.56 Å². The van der Waals surface area contributed by atoms with E-state index in [2.05, 4.69) is 57.7 Å². The number of anilines is 2. The monoisotopic (exact) mass is 415 g/mol. The summed E-state index contributed by atoms with van der Waals surface area (Å²) in [6, 6.07) is 18.5. The second kappa shape index (κ2) is 9.16. The molecule has 1 N–H and O–H groups in total. The molecule has 0 radical (unpaired) electrons. The highest BCUT2D eigenvalue weighted by Gasteiger charge is 2.22. The maximum absolute atomic E-state index is 12.6. The molecule has 1 aliphatic heterocycles. The fourth-order valence-electron chi connectivity index (χ4n) is 3.95. The largest absolute Gasteiger partial charge is 0.352 e. The van der Waals surface area contributed by atoms with Crippen LogP contribution in [-0.2, 0) is 6.42 Å². The molecule has 0 unspecified atom stereocenters. The van der Waals surface area contributed by atoms with Gasteiger partial charge >= 0.3 is 6.03 Å². The number of nitrogens with zero attached hydrogens (tertiary/aromatic N) is 4. The standard InChI is InChI=1S/C25H29N5O/c1-4-20-5-7-21(8-6-20)23-9-10-24(28-27-23)29-11-13-30(14-12-29)25(31)26-22-16-18(2)15-19(3)17-22/h5-10,15-17H,4,11-14H2,1-3H3,(H,26,31). The van der Waals surface area contributed by atoms with Crippen LogP contribution in [0.2, 0.25) is 0 Å². The molecule has 6 heteroatoms. The highest BCUT2D eigenvalue weighted by atomic mass is 16.2. The van der Waals surface area contributed by atoms with Crippen molar-refractivity contribution in [1.82, 2.24) is 15.1 Å². The topological polar surface area (TPSA) is 61.4 Å². The number of benzene rings is 2. The summed E-state index contributed by atoms with van der Waals surface area (Å²) in [7, 11) is 0. The molecule has 0 atom stereocenters. The molecule has 2 aromatic carbocycles. The van der Waals surface area contributed by atoms with E-state index in [-0.39, 0.29) is 6.03 Å². The van der Waals surface area contributed by atoms with Crippen LogP contribution in [0.4, 0.5) is 16.3 Å². The van der Waals surface area contributed by atoms with Crippen molar-refractivity contribution in [2.45, 2.75) is 27.2 Å². The van der Waals surface area contributed by atoms with Crippen LogP contribution in [0.15, 0.2) is 54.6 Å². The molecule has 2 heterocycles. The number of carbonyl (C=O) groups is 1. The number of hydrogen-bond donors (Lipinski definition) is 1. The lowest BCUT2D eigenvalue weighted by molar-refractivity contribution is 0.208. The van der Waals surface area contributed by atoms with Crippen molar-refractivity contribution in [1.29, 1.82) is 0 Å². The summed E-state index contributed by atoms with van der Waals surface area (Å²) in [6.45, 7) is 8.99. The fourth-order valence-corrected chi connectivity index (χ4v) is 3.95. The van der Waals surface area contributed by atoms with Crippen LogP contribution in [0, 0.1) is 13.8 Å². The van der Waals surface area contributed by atoms with Gasteiger partial charge in [0, 0.05) is 37.4 Å². The summed E-state index contributed by atoms with van der Waals surface area (Å²) in [4.78, 5) is 16.7. The Labute approximate surface area is 183 Å². The smallest absolute Gasteiger partial charge is 0.321 e. The Kier molecular flexibility index (Phi) is 6.16. The molecule has 0 spiro atoms. The molecular formula is C25H29N5O. The summed E-state index contributed by atoms with van der Waals surface area (Å²) in [5.74, 6) is 0.850. The van der Waals surface area contributed by atoms with Crippen LogP contribution in [0.3, 0.4) is 0 Å². The molecule has 31 heavy (non-hydrogen) atoms. The van der Waals surface area contributed by atoms with Gasteiger partial charge in [0.1, 0.15) is 0 Å². The Morgan fingerprint density at radius 2 is 1.58 bits per heavy atom. The number of nitrogens with one attached hydrogen (secondary N) is 1. The van der Waals surface area contributed by atoms with Crippen molar-refractivity contribution in [3.63, 3.8) is 0 Å². The van der Waals surface area contributed by atoms with Gasteiger partial charge < -0.3 is 15.1 Å². The molecule has 6 nitrogen and oxygen atoms in total. The molecule has 1 aromatic heterocycles. The number of aromatic nitrogens is 2. The second-order valence-electron chi connectivity index (χ2n) is 8.11. The molecule has 1 aliphatic rings. The maximum atomic E-state index is 12.6. The van der Waals surface area contributed by atoms with Crippen LogP contribution >= 0.6 is 0 Å². The summed E-state index contributed by atoms with van der Waals surface area (Å²) in [5, 5.41) is 11.9. The zero-order valence-corrected chi connectivity index (χ0v) is 18.4. The molecule has 2 amide bonds. The number of piperazine rings is 1. The summed E-state index contributed by atoms with van der Waals surface area (Å²) < 4.78 is 0. The minimum absolute atomic E-state index is 0.0541. The van der Waals surface area contributed by atoms with Gasteiger partial charge in [-0.2, -0.15) is 0 Å². The highest BCUT2D eigenvalue weighted by Crippen LogP contribution is 2.21. The molecule has 0 aliphatic carbocycles. The SMILES string of the molecule is CCc1ccc(-c2ccc(N3CCN(C(=O)Nc4cc(C)cc(C)c4)CC3)nn2)cc1. The van der Waals surface area contributed by atoms with Crippen molar-refractivity contribution in [3.8, 4) is 11.3 Å². The first kappa shape index (κ1) is 20.8. The first-order chi connectivity index (χ1) is 15.0. The van der Waals surface area contributed by atoms with E-state index in [1.54, 1.807) is 0 Å². The van der Waals surface area contributed by atoms with Crippen LogP contribution in [-0.4, -0.2) is 47.3 Å². The summed E-state index contributed by atoms with van der Waals surface area (Å²) in [6.07, 6.45) is 1.03. The van der Waals surface area contributed by atoms with Crippen molar-refractivity contribution in [2.24, 2.45) is 0 Å². The van der Waals surface area contributed by atoms with Gasteiger partial charge in [-0.3, -0.25) is 0 Å². The Balaban J connectivity index is 1.34. The third kappa shape index (κ3) is 5.02. The van der Waals surface area contributed by atoms with Crippen molar-refractivity contribution >= 4 is 17.5 Å². The predicted molar refractivity (Wildman–Crippen MR) is 126 cm³/mol. The van der Waals surface area contributed by atoms with E-state index in [4.69, 9.17) is 0 Å². The van der Waals surface area contributed by atoms with E-state index < -0.39 is 0 Å². The van der Waals surface area contributed by atoms with E-state index in [0.29, 0.717) is 13.1 Å². The highest BCUT2D eigenvalue weighted by molar-refractivity contribution is 5.89. The van der Waals surface area contributed by atoms with Crippen LogP contribution in [0.1, 0.15) is 23.6 Å². The Morgan fingerprint density at radius 1 is 0.903 bits per heavy atom. The van der Waals surface area contributed by atoms with Gasteiger partial charge in [-0.05, 0) is 61.2 Å². The van der Waals surface area contributed by atoms with Crippen LogP contribution in [0.25, 0.3) is 11.3 Å². The van der Waals surface area contributed by atoms with E-state index >= 15 is 0 Å². The van der Waals surface area contributed by atoms with E-state index in [0.717, 1.165) is 53.4 Å². The van der Waals surface area contributed by atoms with Gasteiger partial charge in [0.2, 0.25) is 0 Å². The number of urea groups is 1. The lowest BCUT2D eigenvalue weighted by atomic mass is 10.1. The minimum atomic E-state index is -0.0541. The van der Waals surface area contributed by atoms with Gasteiger partial charge in [-0.15, -0.1) is 10.2 Å². The second-order valence-corrected chi connectivity index (χ2v) is 8.11. The molecule has 4 rings (SSSR count). The Hall–Kier alpha value is -3.41. The number of aryl methyl sites for hydroxylation is 3. The van der Waals surface area contributed by atoms with Gasteiger partial charge in [-0.25, -0.2) is 4.79 Å². The molecule has 160 valence electrons. The van der Waals surface area contributed by atoms with Crippen molar-refractivity contribution in [2.75, 3.05) is 36.4 Å².